The fraction of sp³-hybridized carbons (Fsp3) is 0.900. The molecule has 0 bridgehead atoms. The molecule has 0 saturated heterocycles. The quantitative estimate of drug-likeness (QED) is 0.655. The van der Waals surface area contributed by atoms with Gasteiger partial charge in [0, 0.05) is 5.92 Å². The van der Waals surface area contributed by atoms with Gasteiger partial charge in [0.25, 0.3) is 0 Å². The average Bonchev–Trinajstić information content (AvgIpc) is 2.45. The zero-order valence-corrected chi connectivity index (χ0v) is 7.71. The minimum absolute atomic E-state index is 0.238. The van der Waals surface area contributed by atoms with Crippen LogP contribution >= 0.6 is 0 Å². The van der Waals surface area contributed by atoms with Gasteiger partial charge in [0.05, 0.1) is 6.07 Å². The number of nitriles is 1. The number of hydrogen-bond donors (Lipinski definition) is 1. The van der Waals surface area contributed by atoms with Crippen LogP contribution in [-0.4, -0.2) is 10.7 Å². The number of rotatable bonds is 3. The first-order chi connectivity index (χ1) is 5.73. The summed E-state index contributed by atoms with van der Waals surface area (Å²) in [4.78, 5) is 0. The molecule has 0 amide bonds. The van der Waals surface area contributed by atoms with Gasteiger partial charge in [-0.3, -0.25) is 0 Å². The van der Waals surface area contributed by atoms with Gasteiger partial charge in [0.2, 0.25) is 0 Å². The molecule has 0 aliphatic heterocycles. The topological polar surface area (TPSA) is 44.0 Å². The molecule has 1 aliphatic rings. The van der Waals surface area contributed by atoms with Crippen molar-refractivity contribution in [3.63, 3.8) is 0 Å². The standard InChI is InChI=1S/C10H17NO/c1-2-3-5-9-6-4-7-10(9,12)8-11/h9,12H,2-7H2,1H3/t9-,10+/m1/s1. The second-order valence-electron chi connectivity index (χ2n) is 3.77. The number of unbranched alkanes of at least 4 members (excludes halogenated alkanes) is 1. The van der Waals surface area contributed by atoms with Crippen molar-refractivity contribution < 1.29 is 5.11 Å². The third kappa shape index (κ3) is 1.78. The molecular weight excluding hydrogens is 150 g/mol. The summed E-state index contributed by atoms with van der Waals surface area (Å²) in [6.45, 7) is 2.14. The van der Waals surface area contributed by atoms with Crippen LogP contribution < -0.4 is 0 Å². The van der Waals surface area contributed by atoms with E-state index in [1.807, 2.05) is 0 Å². The second-order valence-corrected chi connectivity index (χ2v) is 3.77. The van der Waals surface area contributed by atoms with E-state index in [1.54, 1.807) is 0 Å². The molecule has 0 aromatic heterocycles. The molecule has 1 rings (SSSR count). The van der Waals surface area contributed by atoms with Crippen molar-refractivity contribution in [3.05, 3.63) is 0 Å². The van der Waals surface area contributed by atoms with Crippen molar-refractivity contribution >= 4 is 0 Å². The van der Waals surface area contributed by atoms with Crippen molar-refractivity contribution in [2.24, 2.45) is 5.92 Å². The van der Waals surface area contributed by atoms with Gasteiger partial charge >= 0.3 is 0 Å². The highest BCUT2D eigenvalue weighted by Gasteiger charge is 2.40. The summed E-state index contributed by atoms with van der Waals surface area (Å²) in [5.74, 6) is 0.238. The first-order valence-corrected chi connectivity index (χ1v) is 4.86. The molecule has 0 unspecified atom stereocenters. The van der Waals surface area contributed by atoms with Crippen molar-refractivity contribution in [3.8, 4) is 6.07 Å². The van der Waals surface area contributed by atoms with Gasteiger partial charge in [-0.1, -0.05) is 19.8 Å². The van der Waals surface area contributed by atoms with Crippen LogP contribution in [0.25, 0.3) is 0 Å². The van der Waals surface area contributed by atoms with Gasteiger partial charge in [-0.2, -0.15) is 5.26 Å². The Bertz CT molecular complexity index is 185. The van der Waals surface area contributed by atoms with Crippen LogP contribution in [0.5, 0.6) is 0 Å². The van der Waals surface area contributed by atoms with E-state index in [0.717, 1.165) is 32.1 Å². The molecule has 1 N–H and O–H groups in total. The summed E-state index contributed by atoms with van der Waals surface area (Å²) in [7, 11) is 0. The average molecular weight is 167 g/mol. The zero-order valence-electron chi connectivity index (χ0n) is 7.71. The first-order valence-electron chi connectivity index (χ1n) is 4.86. The van der Waals surface area contributed by atoms with Crippen LogP contribution in [0.3, 0.4) is 0 Å². The first kappa shape index (κ1) is 9.54. The molecule has 68 valence electrons. The van der Waals surface area contributed by atoms with Crippen molar-refractivity contribution in [2.75, 3.05) is 0 Å². The van der Waals surface area contributed by atoms with E-state index in [-0.39, 0.29) is 5.92 Å². The maximum Gasteiger partial charge on any atom is 0.153 e. The van der Waals surface area contributed by atoms with Gasteiger partial charge in [-0.05, 0) is 25.7 Å². The Kier molecular flexibility index (Phi) is 3.11. The molecule has 0 radical (unpaired) electrons. The molecule has 0 spiro atoms. The van der Waals surface area contributed by atoms with Crippen LogP contribution in [0.4, 0.5) is 0 Å². The van der Waals surface area contributed by atoms with Gasteiger partial charge in [0.15, 0.2) is 5.60 Å². The van der Waals surface area contributed by atoms with E-state index in [4.69, 9.17) is 5.26 Å². The van der Waals surface area contributed by atoms with Gasteiger partial charge in [0.1, 0.15) is 0 Å². The smallest absolute Gasteiger partial charge is 0.153 e. The molecule has 12 heavy (non-hydrogen) atoms. The third-order valence-corrected chi connectivity index (χ3v) is 2.89. The van der Waals surface area contributed by atoms with Crippen molar-refractivity contribution in [1.29, 1.82) is 5.26 Å². The predicted octanol–water partition coefficient (Wildman–Crippen LogP) is 2.23. The highest BCUT2D eigenvalue weighted by molar-refractivity contribution is 5.07. The molecule has 1 fully saturated rings. The van der Waals surface area contributed by atoms with Crippen LogP contribution in [0.15, 0.2) is 0 Å². The monoisotopic (exact) mass is 167 g/mol. The largest absolute Gasteiger partial charge is 0.375 e. The summed E-state index contributed by atoms with van der Waals surface area (Å²) in [5.41, 5.74) is -0.991. The van der Waals surface area contributed by atoms with E-state index >= 15 is 0 Å². The summed E-state index contributed by atoms with van der Waals surface area (Å²) in [6, 6.07) is 2.05. The van der Waals surface area contributed by atoms with Crippen LogP contribution in [0.2, 0.25) is 0 Å². The Labute approximate surface area is 74.2 Å². The van der Waals surface area contributed by atoms with E-state index in [1.165, 1.54) is 0 Å². The predicted molar refractivity (Wildman–Crippen MR) is 47.4 cm³/mol. The number of hydrogen-bond acceptors (Lipinski definition) is 2. The van der Waals surface area contributed by atoms with E-state index in [9.17, 15) is 5.11 Å². The molecule has 0 aromatic carbocycles. The molecule has 0 aromatic rings. The van der Waals surface area contributed by atoms with Crippen molar-refractivity contribution in [1.82, 2.24) is 0 Å². The minimum Gasteiger partial charge on any atom is -0.375 e. The lowest BCUT2D eigenvalue weighted by molar-refractivity contribution is 0.0541. The van der Waals surface area contributed by atoms with Crippen LogP contribution in [0, 0.1) is 17.2 Å². The molecule has 2 heteroatoms. The highest BCUT2D eigenvalue weighted by atomic mass is 16.3. The fourth-order valence-corrected chi connectivity index (χ4v) is 2.04. The lowest BCUT2D eigenvalue weighted by Crippen LogP contribution is -2.30. The summed E-state index contributed by atoms with van der Waals surface area (Å²) >= 11 is 0. The molecule has 0 heterocycles. The maximum atomic E-state index is 9.83. The van der Waals surface area contributed by atoms with E-state index in [2.05, 4.69) is 13.0 Å². The maximum absolute atomic E-state index is 9.83. The Morgan fingerprint density at radius 2 is 2.42 bits per heavy atom. The van der Waals surface area contributed by atoms with Gasteiger partial charge < -0.3 is 5.11 Å². The second kappa shape index (κ2) is 3.91. The fourth-order valence-electron chi connectivity index (χ4n) is 2.04. The highest BCUT2D eigenvalue weighted by Crippen LogP contribution is 2.38. The minimum atomic E-state index is -0.991. The lowest BCUT2D eigenvalue weighted by Gasteiger charge is -2.21. The zero-order chi connectivity index (χ0) is 9.03. The summed E-state index contributed by atoms with van der Waals surface area (Å²) < 4.78 is 0. The van der Waals surface area contributed by atoms with Gasteiger partial charge in [-0.25, -0.2) is 0 Å². The lowest BCUT2D eigenvalue weighted by atomic mass is 9.88. The van der Waals surface area contributed by atoms with Crippen LogP contribution in [0.1, 0.15) is 45.4 Å². The number of aliphatic hydroxyl groups is 1. The Balaban J connectivity index is 2.47. The molecule has 2 atom stereocenters. The van der Waals surface area contributed by atoms with Crippen molar-refractivity contribution in [2.45, 2.75) is 51.0 Å². The Morgan fingerprint density at radius 1 is 1.67 bits per heavy atom. The van der Waals surface area contributed by atoms with Gasteiger partial charge in [-0.15, -0.1) is 0 Å². The SMILES string of the molecule is CCCC[C@@H]1CCC[C@]1(O)C#N. The molecular formula is C10H17NO. The van der Waals surface area contributed by atoms with E-state index in [0.29, 0.717) is 6.42 Å². The molecule has 1 aliphatic carbocycles. The third-order valence-electron chi connectivity index (χ3n) is 2.89. The summed E-state index contributed by atoms with van der Waals surface area (Å²) in [6.07, 6.45) is 6.02. The molecule has 2 nitrogen and oxygen atoms in total. The van der Waals surface area contributed by atoms with Crippen LogP contribution in [-0.2, 0) is 0 Å². The summed E-state index contributed by atoms with van der Waals surface area (Å²) in [5, 5.41) is 18.6. The number of nitrogens with zero attached hydrogens (tertiary/aromatic N) is 1. The normalized spacial score (nSPS) is 34.9. The van der Waals surface area contributed by atoms with E-state index < -0.39 is 5.60 Å². The molecule has 1 saturated carbocycles. The Morgan fingerprint density at radius 3 is 3.00 bits per heavy atom. The Hall–Kier alpha value is -0.550.